The molecule has 0 unspecified atom stereocenters. The maximum atomic E-state index is 2.33. The van der Waals surface area contributed by atoms with E-state index >= 15 is 0 Å². The predicted molar refractivity (Wildman–Crippen MR) is 73.1 cm³/mol. The largest absolute Gasteiger partial charge is 0.315 e. The topological polar surface area (TPSA) is 4.41 Å². The van der Waals surface area contributed by atoms with Gasteiger partial charge in [0, 0.05) is 22.4 Å². The maximum Gasteiger partial charge on any atom is 0.0610 e. The van der Waals surface area contributed by atoms with Crippen LogP contribution in [0.5, 0.6) is 0 Å². The van der Waals surface area contributed by atoms with Crippen molar-refractivity contribution in [2.45, 2.75) is 13.8 Å². The molecule has 2 heterocycles. The zero-order valence-corrected chi connectivity index (χ0v) is 9.99. The SMILES string of the molecule is Cc1cc2c(C)cn3c4ccccc4c(c1)c23. The molecular weight excluding hydrogens is 206 g/mol. The second-order valence-corrected chi connectivity index (χ2v) is 4.91. The van der Waals surface area contributed by atoms with E-state index < -0.39 is 0 Å². The molecule has 0 bridgehead atoms. The van der Waals surface area contributed by atoms with Gasteiger partial charge in [-0.25, -0.2) is 0 Å². The molecule has 0 aliphatic rings. The second-order valence-electron chi connectivity index (χ2n) is 4.91. The van der Waals surface area contributed by atoms with Crippen LogP contribution in [0.25, 0.3) is 27.2 Å². The average Bonchev–Trinajstić information content (AvgIpc) is 2.81. The van der Waals surface area contributed by atoms with Crippen molar-refractivity contribution in [3.05, 3.63) is 53.7 Å². The monoisotopic (exact) mass is 219 g/mol. The van der Waals surface area contributed by atoms with Crippen molar-refractivity contribution < 1.29 is 0 Å². The lowest BCUT2D eigenvalue weighted by molar-refractivity contribution is 1.28. The molecule has 2 aromatic heterocycles. The van der Waals surface area contributed by atoms with Gasteiger partial charge in [-0.3, -0.25) is 0 Å². The zero-order valence-electron chi connectivity index (χ0n) is 9.99. The summed E-state index contributed by atoms with van der Waals surface area (Å²) in [4.78, 5) is 0. The molecule has 0 aliphatic carbocycles. The van der Waals surface area contributed by atoms with Crippen LogP contribution in [0.3, 0.4) is 0 Å². The molecule has 0 amide bonds. The molecule has 0 radical (unpaired) electrons. The zero-order chi connectivity index (χ0) is 11.6. The van der Waals surface area contributed by atoms with Crippen LogP contribution in [0.15, 0.2) is 42.6 Å². The number of rotatable bonds is 0. The first kappa shape index (κ1) is 9.06. The van der Waals surface area contributed by atoms with Crippen molar-refractivity contribution >= 4 is 27.2 Å². The summed E-state index contributed by atoms with van der Waals surface area (Å²) in [6, 6.07) is 13.2. The van der Waals surface area contributed by atoms with Crippen LogP contribution in [0.1, 0.15) is 11.1 Å². The first-order valence-electron chi connectivity index (χ1n) is 5.98. The molecule has 0 saturated heterocycles. The average molecular weight is 219 g/mol. The molecule has 4 rings (SSSR count). The lowest BCUT2D eigenvalue weighted by Gasteiger charge is -1.97. The van der Waals surface area contributed by atoms with Gasteiger partial charge in [0.05, 0.1) is 11.0 Å². The number of hydrogen-bond acceptors (Lipinski definition) is 0. The van der Waals surface area contributed by atoms with Crippen LogP contribution < -0.4 is 0 Å². The highest BCUT2D eigenvalue weighted by molar-refractivity contribution is 6.15. The molecule has 0 spiro atoms. The van der Waals surface area contributed by atoms with Crippen molar-refractivity contribution in [1.29, 1.82) is 0 Å². The molecule has 0 N–H and O–H groups in total. The fourth-order valence-electron chi connectivity index (χ4n) is 2.97. The molecule has 0 saturated carbocycles. The molecule has 0 fully saturated rings. The first-order chi connectivity index (χ1) is 8.25. The van der Waals surface area contributed by atoms with E-state index in [4.69, 9.17) is 0 Å². The van der Waals surface area contributed by atoms with Crippen LogP contribution in [-0.2, 0) is 0 Å². The van der Waals surface area contributed by atoms with Gasteiger partial charge in [-0.2, -0.15) is 0 Å². The van der Waals surface area contributed by atoms with Gasteiger partial charge < -0.3 is 4.40 Å². The molecule has 2 aromatic carbocycles. The number of aryl methyl sites for hydroxylation is 2. The van der Waals surface area contributed by atoms with Crippen molar-refractivity contribution in [3.63, 3.8) is 0 Å². The van der Waals surface area contributed by atoms with Crippen molar-refractivity contribution in [1.82, 2.24) is 4.40 Å². The van der Waals surface area contributed by atoms with E-state index in [1.165, 1.54) is 38.3 Å². The van der Waals surface area contributed by atoms with Crippen LogP contribution in [0.4, 0.5) is 0 Å². The smallest absolute Gasteiger partial charge is 0.0610 e. The molecule has 1 heteroatoms. The predicted octanol–water partition coefficient (Wildman–Crippen LogP) is 4.30. The minimum absolute atomic E-state index is 1.31. The van der Waals surface area contributed by atoms with Gasteiger partial charge >= 0.3 is 0 Å². The number of benzene rings is 2. The van der Waals surface area contributed by atoms with Gasteiger partial charge in [-0.05, 0) is 43.2 Å². The van der Waals surface area contributed by atoms with E-state index in [1.54, 1.807) is 0 Å². The van der Waals surface area contributed by atoms with Gasteiger partial charge in [0.2, 0.25) is 0 Å². The summed E-state index contributed by atoms with van der Waals surface area (Å²) in [5, 5.41) is 4.12. The normalized spacial score (nSPS) is 12.1. The highest BCUT2D eigenvalue weighted by Crippen LogP contribution is 2.35. The van der Waals surface area contributed by atoms with Gasteiger partial charge in [0.15, 0.2) is 0 Å². The standard InChI is InChI=1S/C16H13N/c1-10-7-13-11(2)9-17-15-6-4-3-5-12(15)14(8-10)16(13)17/h3-9H,1-2H3. The van der Waals surface area contributed by atoms with Gasteiger partial charge in [0.1, 0.15) is 0 Å². The Labute approximate surface area is 99.6 Å². The van der Waals surface area contributed by atoms with Crippen LogP contribution >= 0.6 is 0 Å². The Hall–Kier alpha value is -2.02. The van der Waals surface area contributed by atoms with Gasteiger partial charge in [-0.15, -0.1) is 0 Å². The summed E-state index contributed by atoms with van der Waals surface area (Å²) in [6.07, 6.45) is 2.25. The van der Waals surface area contributed by atoms with Gasteiger partial charge in [0.25, 0.3) is 0 Å². The third-order valence-electron chi connectivity index (χ3n) is 3.70. The molecular formula is C16H13N. The number of fused-ring (bicyclic) bond motifs is 3. The molecule has 0 aliphatic heterocycles. The van der Waals surface area contributed by atoms with E-state index in [0.717, 1.165) is 0 Å². The van der Waals surface area contributed by atoms with E-state index in [-0.39, 0.29) is 0 Å². The van der Waals surface area contributed by atoms with E-state index in [2.05, 4.69) is 60.8 Å². The maximum absolute atomic E-state index is 2.33. The lowest BCUT2D eigenvalue weighted by atomic mass is 10.1. The Morgan fingerprint density at radius 1 is 0.882 bits per heavy atom. The summed E-state index contributed by atoms with van der Waals surface area (Å²) in [6.45, 7) is 4.36. The number of para-hydroxylation sites is 1. The molecule has 1 nitrogen and oxygen atoms in total. The number of hydrogen-bond donors (Lipinski definition) is 0. The van der Waals surface area contributed by atoms with Gasteiger partial charge in [-0.1, -0.05) is 18.2 Å². The van der Waals surface area contributed by atoms with Crippen LogP contribution in [0, 0.1) is 13.8 Å². The Morgan fingerprint density at radius 3 is 2.53 bits per heavy atom. The van der Waals surface area contributed by atoms with E-state index in [1.807, 2.05) is 0 Å². The molecule has 17 heavy (non-hydrogen) atoms. The minimum atomic E-state index is 1.31. The highest BCUT2D eigenvalue weighted by Gasteiger charge is 2.13. The molecule has 4 aromatic rings. The summed E-state index contributed by atoms with van der Waals surface area (Å²) in [5.41, 5.74) is 5.38. The highest BCUT2D eigenvalue weighted by atomic mass is 14.9. The Kier molecular flexibility index (Phi) is 1.49. The Balaban J connectivity index is 2.47. The minimum Gasteiger partial charge on any atom is -0.315 e. The molecule has 82 valence electrons. The summed E-state index contributed by atoms with van der Waals surface area (Å²) >= 11 is 0. The third-order valence-corrected chi connectivity index (χ3v) is 3.70. The number of aromatic nitrogens is 1. The summed E-state index contributed by atoms with van der Waals surface area (Å²) in [7, 11) is 0. The summed E-state index contributed by atoms with van der Waals surface area (Å²) < 4.78 is 2.33. The number of nitrogens with zero attached hydrogens (tertiary/aromatic N) is 1. The summed E-state index contributed by atoms with van der Waals surface area (Å²) in [5.74, 6) is 0. The fourth-order valence-corrected chi connectivity index (χ4v) is 2.97. The lowest BCUT2D eigenvalue weighted by Crippen LogP contribution is -1.75. The second kappa shape index (κ2) is 2.80. The van der Waals surface area contributed by atoms with Crippen molar-refractivity contribution in [2.24, 2.45) is 0 Å². The van der Waals surface area contributed by atoms with E-state index in [0.29, 0.717) is 0 Å². The quantitative estimate of drug-likeness (QED) is 0.415. The Morgan fingerprint density at radius 2 is 1.65 bits per heavy atom. The van der Waals surface area contributed by atoms with Crippen LogP contribution in [0.2, 0.25) is 0 Å². The Bertz CT molecular complexity index is 837. The first-order valence-corrected chi connectivity index (χ1v) is 5.98. The third kappa shape index (κ3) is 0.992. The van der Waals surface area contributed by atoms with E-state index in [9.17, 15) is 0 Å². The van der Waals surface area contributed by atoms with Crippen molar-refractivity contribution in [2.75, 3.05) is 0 Å². The van der Waals surface area contributed by atoms with Crippen LogP contribution in [-0.4, -0.2) is 4.40 Å². The molecule has 0 atom stereocenters. The van der Waals surface area contributed by atoms with Crippen molar-refractivity contribution in [3.8, 4) is 0 Å². The fraction of sp³-hybridized carbons (Fsp3) is 0.125.